The molecule has 2 saturated carbocycles. The molecule has 0 aliphatic heterocycles. The van der Waals surface area contributed by atoms with Crippen molar-refractivity contribution < 1.29 is 23.5 Å². The number of aliphatic carboxylic acids is 1. The van der Waals surface area contributed by atoms with E-state index in [0.717, 1.165) is 0 Å². The lowest BCUT2D eigenvalue weighted by Crippen LogP contribution is -2.56. The number of carbonyl (C=O) groups is 2. The van der Waals surface area contributed by atoms with Crippen LogP contribution in [0, 0.1) is 11.3 Å². The average Bonchev–Trinajstić information content (AvgIpc) is 2.13. The number of rotatable bonds is 1. The van der Waals surface area contributed by atoms with E-state index in [1.165, 1.54) is 0 Å². The van der Waals surface area contributed by atoms with Crippen molar-refractivity contribution in [2.45, 2.75) is 38.0 Å². The summed E-state index contributed by atoms with van der Waals surface area (Å²) < 4.78 is 25.8. The van der Waals surface area contributed by atoms with Gasteiger partial charge in [0, 0.05) is 24.7 Å². The molecule has 15 heavy (non-hydrogen) atoms. The molecule has 0 radical (unpaired) electrons. The zero-order valence-electron chi connectivity index (χ0n) is 8.13. The normalized spacial score (nSPS) is 32.4. The van der Waals surface area contributed by atoms with Crippen molar-refractivity contribution in [1.82, 2.24) is 0 Å². The second-order valence-electron chi connectivity index (χ2n) is 4.53. The molecule has 1 N–H and O–H groups in total. The van der Waals surface area contributed by atoms with Crippen molar-refractivity contribution in [2.24, 2.45) is 11.3 Å². The molecule has 0 aromatic rings. The predicted molar refractivity (Wildman–Crippen MR) is 46.6 cm³/mol. The SMILES string of the molecule is O=C(O)C1CC(=O)C12CCC(F)(F)CC2. The Kier molecular flexibility index (Phi) is 2.10. The van der Waals surface area contributed by atoms with E-state index < -0.39 is 23.2 Å². The van der Waals surface area contributed by atoms with Gasteiger partial charge in [0.15, 0.2) is 0 Å². The van der Waals surface area contributed by atoms with Gasteiger partial charge in [-0.3, -0.25) is 9.59 Å². The topological polar surface area (TPSA) is 54.4 Å². The molecule has 1 spiro atoms. The lowest BCUT2D eigenvalue weighted by Gasteiger charge is -2.49. The van der Waals surface area contributed by atoms with E-state index in [4.69, 9.17) is 5.11 Å². The van der Waals surface area contributed by atoms with Crippen molar-refractivity contribution in [3.63, 3.8) is 0 Å². The third-order valence-corrected chi connectivity index (χ3v) is 3.78. The van der Waals surface area contributed by atoms with Crippen LogP contribution in [0.5, 0.6) is 0 Å². The highest BCUT2D eigenvalue weighted by Crippen LogP contribution is 2.55. The maximum Gasteiger partial charge on any atom is 0.307 e. The largest absolute Gasteiger partial charge is 0.481 e. The summed E-state index contributed by atoms with van der Waals surface area (Å²) in [6.07, 6.45) is -0.655. The van der Waals surface area contributed by atoms with Crippen LogP contribution in [-0.4, -0.2) is 22.8 Å². The number of hydrogen-bond donors (Lipinski definition) is 1. The van der Waals surface area contributed by atoms with E-state index >= 15 is 0 Å². The van der Waals surface area contributed by atoms with Crippen LogP contribution in [0.15, 0.2) is 0 Å². The molecule has 0 amide bonds. The minimum Gasteiger partial charge on any atom is -0.481 e. The molecule has 0 aromatic heterocycles. The monoisotopic (exact) mass is 218 g/mol. The zero-order chi connectivity index (χ0) is 11.3. The van der Waals surface area contributed by atoms with Crippen LogP contribution in [-0.2, 0) is 9.59 Å². The lowest BCUT2D eigenvalue weighted by atomic mass is 9.52. The Balaban J connectivity index is 2.14. The molecule has 2 aliphatic rings. The quantitative estimate of drug-likeness (QED) is 0.730. The standard InChI is InChI=1S/C10H12F2O3/c11-10(12)3-1-9(2-4-10)6(8(14)15)5-7(9)13/h6H,1-5H2,(H,14,15). The Bertz CT molecular complexity index is 315. The molecule has 1 unspecified atom stereocenters. The molecular formula is C10H12F2O3. The Hall–Kier alpha value is -1.00. The van der Waals surface area contributed by atoms with Gasteiger partial charge in [-0.1, -0.05) is 0 Å². The van der Waals surface area contributed by atoms with Crippen LogP contribution in [0.3, 0.4) is 0 Å². The molecule has 2 fully saturated rings. The van der Waals surface area contributed by atoms with Crippen molar-refractivity contribution in [1.29, 1.82) is 0 Å². The van der Waals surface area contributed by atoms with Crippen LogP contribution in [0.2, 0.25) is 0 Å². The number of ketones is 1. The zero-order valence-corrected chi connectivity index (χ0v) is 8.13. The summed E-state index contributed by atoms with van der Waals surface area (Å²) in [5, 5.41) is 8.86. The van der Waals surface area contributed by atoms with Crippen LogP contribution >= 0.6 is 0 Å². The first-order chi connectivity index (χ1) is 6.87. The Labute approximate surface area is 85.5 Å². The summed E-state index contributed by atoms with van der Waals surface area (Å²) in [7, 11) is 0. The fourth-order valence-corrected chi connectivity index (χ4v) is 2.66. The first kappa shape index (κ1) is 10.5. The van der Waals surface area contributed by atoms with E-state index in [1.54, 1.807) is 0 Å². The van der Waals surface area contributed by atoms with Crippen LogP contribution in [0.4, 0.5) is 8.78 Å². The minimum absolute atomic E-state index is 0.0148. The fourth-order valence-electron chi connectivity index (χ4n) is 2.66. The number of alkyl halides is 2. The highest BCUT2D eigenvalue weighted by Gasteiger charge is 2.60. The third-order valence-electron chi connectivity index (χ3n) is 3.78. The van der Waals surface area contributed by atoms with Gasteiger partial charge in [-0.15, -0.1) is 0 Å². The molecule has 0 heterocycles. The number of carboxylic acid groups (broad SMARTS) is 1. The van der Waals surface area contributed by atoms with E-state index in [1.807, 2.05) is 0 Å². The summed E-state index contributed by atoms with van der Waals surface area (Å²) >= 11 is 0. The molecule has 1 atom stereocenters. The first-order valence-corrected chi connectivity index (χ1v) is 5.01. The minimum atomic E-state index is -2.72. The number of carbonyl (C=O) groups excluding carboxylic acids is 1. The van der Waals surface area contributed by atoms with Gasteiger partial charge < -0.3 is 5.11 Å². The first-order valence-electron chi connectivity index (χ1n) is 5.01. The summed E-state index contributed by atoms with van der Waals surface area (Å²) in [4.78, 5) is 22.2. The van der Waals surface area contributed by atoms with E-state index in [9.17, 15) is 18.4 Å². The van der Waals surface area contributed by atoms with Crippen molar-refractivity contribution in [2.75, 3.05) is 0 Å². The second kappa shape index (κ2) is 3.00. The lowest BCUT2D eigenvalue weighted by molar-refractivity contribution is -0.175. The maximum absolute atomic E-state index is 12.9. The van der Waals surface area contributed by atoms with Gasteiger partial charge in [0.25, 0.3) is 0 Å². The predicted octanol–water partition coefficient (Wildman–Crippen LogP) is 1.86. The van der Waals surface area contributed by atoms with E-state index in [0.29, 0.717) is 0 Å². The molecule has 2 rings (SSSR count). The Morgan fingerprint density at radius 3 is 2.20 bits per heavy atom. The molecule has 84 valence electrons. The summed E-state index contributed by atoms with van der Waals surface area (Å²) in [5.74, 6) is -4.63. The van der Waals surface area contributed by atoms with Gasteiger partial charge in [0.2, 0.25) is 5.92 Å². The molecular weight excluding hydrogens is 206 g/mol. The summed E-state index contributed by atoms with van der Waals surface area (Å²) in [6.45, 7) is 0. The number of carboxylic acids is 1. The summed E-state index contributed by atoms with van der Waals surface area (Å²) in [6, 6.07) is 0. The number of halogens is 2. The highest BCUT2D eigenvalue weighted by atomic mass is 19.3. The van der Waals surface area contributed by atoms with Crippen molar-refractivity contribution in [3.05, 3.63) is 0 Å². The summed E-state index contributed by atoms with van der Waals surface area (Å²) in [5.41, 5.74) is -0.965. The fraction of sp³-hybridized carbons (Fsp3) is 0.800. The maximum atomic E-state index is 12.9. The van der Waals surface area contributed by atoms with Crippen molar-refractivity contribution >= 4 is 11.8 Å². The van der Waals surface area contributed by atoms with Crippen LogP contribution in [0.25, 0.3) is 0 Å². The average molecular weight is 218 g/mol. The Morgan fingerprint density at radius 1 is 1.27 bits per heavy atom. The smallest absolute Gasteiger partial charge is 0.307 e. The van der Waals surface area contributed by atoms with Gasteiger partial charge in [0.1, 0.15) is 5.78 Å². The van der Waals surface area contributed by atoms with Gasteiger partial charge in [0.05, 0.1) is 5.92 Å². The van der Waals surface area contributed by atoms with Gasteiger partial charge in [-0.05, 0) is 12.8 Å². The van der Waals surface area contributed by atoms with Crippen molar-refractivity contribution in [3.8, 4) is 0 Å². The number of hydrogen-bond acceptors (Lipinski definition) is 2. The highest BCUT2D eigenvalue weighted by molar-refractivity contribution is 5.99. The second-order valence-corrected chi connectivity index (χ2v) is 4.53. The van der Waals surface area contributed by atoms with E-state index in [2.05, 4.69) is 0 Å². The molecule has 0 bridgehead atoms. The molecule has 3 nitrogen and oxygen atoms in total. The molecule has 2 aliphatic carbocycles. The van der Waals surface area contributed by atoms with E-state index in [-0.39, 0.29) is 37.9 Å². The molecule has 5 heteroatoms. The molecule has 0 saturated heterocycles. The Morgan fingerprint density at radius 2 is 1.80 bits per heavy atom. The molecule has 0 aromatic carbocycles. The van der Waals surface area contributed by atoms with Crippen LogP contribution in [0.1, 0.15) is 32.1 Å². The third kappa shape index (κ3) is 1.44. The number of Topliss-reactive ketones (excluding diaryl/α,β-unsaturated/α-hetero) is 1. The van der Waals surface area contributed by atoms with Gasteiger partial charge in [-0.2, -0.15) is 0 Å². The van der Waals surface area contributed by atoms with Gasteiger partial charge in [-0.25, -0.2) is 8.78 Å². The van der Waals surface area contributed by atoms with Crippen LogP contribution < -0.4 is 0 Å². The van der Waals surface area contributed by atoms with Gasteiger partial charge >= 0.3 is 5.97 Å².